The molecule has 2 fully saturated rings. The molecule has 2 aliphatic rings. The van der Waals surface area contributed by atoms with Crippen LogP contribution < -0.4 is 5.32 Å². The molecule has 4 nitrogen and oxygen atoms in total. The van der Waals surface area contributed by atoms with Gasteiger partial charge in [-0.05, 0) is 49.7 Å². The molecule has 22 heavy (non-hydrogen) atoms. The molecule has 0 aromatic carbocycles. The predicted octanol–water partition coefficient (Wildman–Crippen LogP) is 3.52. The van der Waals surface area contributed by atoms with Gasteiger partial charge in [-0.25, -0.2) is 0 Å². The van der Waals surface area contributed by atoms with Crippen LogP contribution in [0.5, 0.6) is 0 Å². The minimum Gasteiger partial charge on any atom is -0.337 e. The van der Waals surface area contributed by atoms with Crippen molar-refractivity contribution in [3.63, 3.8) is 0 Å². The Hall–Kier alpha value is -1.36. The maximum absolute atomic E-state index is 12.8. The van der Waals surface area contributed by atoms with Crippen LogP contribution in [0, 0.1) is 24.7 Å². The highest BCUT2D eigenvalue weighted by Crippen LogP contribution is 2.34. The third-order valence-corrected chi connectivity index (χ3v) is 5.60. The van der Waals surface area contributed by atoms with Crippen LogP contribution in [-0.4, -0.2) is 29.8 Å². The number of hydrogen-bond acceptors (Lipinski definition) is 3. The van der Waals surface area contributed by atoms with E-state index in [1.54, 1.807) is 0 Å². The molecule has 1 aliphatic heterocycles. The quantitative estimate of drug-likeness (QED) is 0.926. The lowest BCUT2D eigenvalue weighted by Crippen LogP contribution is -2.42. The lowest BCUT2D eigenvalue weighted by atomic mass is 9.92. The maximum Gasteiger partial charge on any atom is 0.264 e. The largest absolute Gasteiger partial charge is 0.337 e. The molecular formula is C17H24N2O2S. The van der Waals surface area contributed by atoms with E-state index in [4.69, 9.17) is 0 Å². The van der Waals surface area contributed by atoms with E-state index < -0.39 is 0 Å². The minimum atomic E-state index is 0.0977. The number of likely N-dealkylation sites (tertiary alicyclic amines) is 1. The van der Waals surface area contributed by atoms with Crippen LogP contribution in [0.1, 0.15) is 48.3 Å². The molecule has 1 aromatic heterocycles. The number of piperidine rings is 1. The number of rotatable bonds is 3. The summed E-state index contributed by atoms with van der Waals surface area (Å²) in [4.78, 5) is 27.4. The van der Waals surface area contributed by atoms with Crippen LogP contribution in [0.4, 0.5) is 5.00 Å². The van der Waals surface area contributed by atoms with Gasteiger partial charge in [0.1, 0.15) is 0 Å². The molecule has 1 N–H and O–H groups in total. The molecule has 2 heterocycles. The van der Waals surface area contributed by atoms with Gasteiger partial charge < -0.3 is 10.2 Å². The molecule has 5 heteroatoms. The van der Waals surface area contributed by atoms with Gasteiger partial charge >= 0.3 is 0 Å². The first-order valence-corrected chi connectivity index (χ1v) is 8.96. The lowest BCUT2D eigenvalue weighted by Gasteiger charge is -2.34. The molecule has 1 aromatic rings. The van der Waals surface area contributed by atoms with E-state index in [1.165, 1.54) is 17.8 Å². The van der Waals surface area contributed by atoms with Crippen LogP contribution in [-0.2, 0) is 4.79 Å². The van der Waals surface area contributed by atoms with Gasteiger partial charge in [0.15, 0.2) is 0 Å². The molecule has 2 unspecified atom stereocenters. The smallest absolute Gasteiger partial charge is 0.264 e. The average molecular weight is 320 g/mol. The molecule has 2 amide bonds. The van der Waals surface area contributed by atoms with Gasteiger partial charge in [0, 0.05) is 19.0 Å². The molecular weight excluding hydrogens is 296 g/mol. The number of carbonyl (C=O) groups excluding carboxylic acids is 2. The first-order valence-electron chi connectivity index (χ1n) is 8.14. The van der Waals surface area contributed by atoms with Crippen molar-refractivity contribution in [2.24, 2.45) is 17.8 Å². The SMILES string of the molecule is Cc1cc(NC(=O)C2CC2)sc1C(=O)N1CC(C)CC(C)C1. The predicted molar refractivity (Wildman–Crippen MR) is 89.3 cm³/mol. The number of nitrogens with one attached hydrogen (secondary N) is 1. The normalized spacial score (nSPS) is 25.1. The fourth-order valence-corrected chi connectivity index (χ4v) is 4.34. The zero-order valence-electron chi connectivity index (χ0n) is 13.5. The number of carbonyl (C=O) groups is 2. The van der Waals surface area contributed by atoms with Crippen LogP contribution in [0.2, 0.25) is 0 Å². The Morgan fingerprint density at radius 2 is 1.86 bits per heavy atom. The van der Waals surface area contributed by atoms with Gasteiger partial charge in [-0.3, -0.25) is 9.59 Å². The Labute approximate surface area is 135 Å². The molecule has 0 spiro atoms. The summed E-state index contributed by atoms with van der Waals surface area (Å²) in [5.74, 6) is 1.52. The van der Waals surface area contributed by atoms with E-state index in [0.29, 0.717) is 11.8 Å². The first-order chi connectivity index (χ1) is 10.4. The Balaban J connectivity index is 1.71. The lowest BCUT2D eigenvalue weighted by molar-refractivity contribution is -0.117. The van der Waals surface area contributed by atoms with Gasteiger partial charge in [0.2, 0.25) is 5.91 Å². The molecule has 3 rings (SSSR count). The summed E-state index contributed by atoms with van der Waals surface area (Å²) in [6.07, 6.45) is 3.17. The minimum absolute atomic E-state index is 0.0977. The monoisotopic (exact) mass is 320 g/mol. The Morgan fingerprint density at radius 1 is 1.23 bits per heavy atom. The van der Waals surface area contributed by atoms with Crippen molar-refractivity contribution in [3.8, 4) is 0 Å². The third kappa shape index (κ3) is 3.35. The second-order valence-electron chi connectivity index (χ2n) is 7.04. The van der Waals surface area contributed by atoms with E-state index in [-0.39, 0.29) is 17.7 Å². The second kappa shape index (κ2) is 6.03. The zero-order chi connectivity index (χ0) is 15.9. The molecule has 1 saturated heterocycles. The fourth-order valence-electron chi connectivity index (χ4n) is 3.30. The van der Waals surface area contributed by atoms with Crippen LogP contribution in [0.25, 0.3) is 0 Å². The fraction of sp³-hybridized carbons (Fsp3) is 0.647. The van der Waals surface area contributed by atoms with Crippen molar-refractivity contribution in [3.05, 3.63) is 16.5 Å². The third-order valence-electron chi connectivity index (χ3n) is 4.46. The van der Waals surface area contributed by atoms with Crippen LogP contribution in [0.3, 0.4) is 0 Å². The van der Waals surface area contributed by atoms with E-state index in [2.05, 4.69) is 19.2 Å². The number of thiophene rings is 1. The summed E-state index contributed by atoms with van der Waals surface area (Å²) < 4.78 is 0. The highest BCUT2D eigenvalue weighted by molar-refractivity contribution is 7.18. The van der Waals surface area contributed by atoms with Gasteiger partial charge in [0.25, 0.3) is 5.91 Å². The molecule has 2 atom stereocenters. The number of nitrogens with zero attached hydrogens (tertiary/aromatic N) is 1. The van der Waals surface area contributed by atoms with E-state index in [9.17, 15) is 9.59 Å². The number of amides is 2. The molecule has 1 aliphatic carbocycles. The first kappa shape index (κ1) is 15.5. The average Bonchev–Trinajstić information content (AvgIpc) is 3.22. The van der Waals surface area contributed by atoms with E-state index in [0.717, 1.165) is 41.4 Å². The standard InChI is InChI=1S/C17H24N2O2S/c1-10-6-11(2)9-19(8-10)17(21)15-12(3)7-14(22-15)18-16(20)13-4-5-13/h7,10-11,13H,4-6,8-9H2,1-3H3,(H,18,20). The zero-order valence-corrected chi connectivity index (χ0v) is 14.3. The van der Waals surface area contributed by atoms with E-state index in [1.807, 2.05) is 17.9 Å². The number of hydrogen-bond donors (Lipinski definition) is 1. The highest BCUT2D eigenvalue weighted by atomic mass is 32.1. The van der Waals surface area contributed by atoms with Crippen molar-refractivity contribution in [1.82, 2.24) is 4.90 Å². The summed E-state index contributed by atoms with van der Waals surface area (Å²) in [6.45, 7) is 8.04. The summed E-state index contributed by atoms with van der Waals surface area (Å²) in [5, 5.41) is 3.75. The summed E-state index contributed by atoms with van der Waals surface area (Å²) >= 11 is 1.41. The number of anilines is 1. The molecule has 0 bridgehead atoms. The molecule has 120 valence electrons. The van der Waals surface area contributed by atoms with Crippen molar-refractivity contribution < 1.29 is 9.59 Å². The van der Waals surface area contributed by atoms with Gasteiger partial charge in [-0.2, -0.15) is 0 Å². The molecule has 0 radical (unpaired) electrons. The Kier molecular flexibility index (Phi) is 4.26. The Morgan fingerprint density at radius 3 is 2.45 bits per heavy atom. The topological polar surface area (TPSA) is 49.4 Å². The Bertz CT molecular complexity index is 581. The van der Waals surface area contributed by atoms with Crippen molar-refractivity contribution in [2.75, 3.05) is 18.4 Å². The van der Waals surface area contributed by atoms with Crippen LogP contribution in [0.15, 0.2) is 6.07 Å². The maximum atomic E-state index is 12.8. The van der Waals surface area contributed by atoms with Gasteiger partial charge in [-0.1, -0.05) is 13.8 Å². The van der Waals surface area contributed by atoms with Crippen molar-refractivity contribution >= 4 is 28.2 Å². The van der Waals surface area contributed by atoms with Crippen LogP contribution >= 0.6 is 11.3 Å². The highest BCUT2D eigenvalue weighted by Gasteiger charge is 2.31. The van der Waals surface area contributed by atoms with Crippen molar-refractivity contribution in [1.29, 1.82) is 0 Å². The second-order valence-corrected chi connectivity index (χ2v) is 8.09. The summed E-state index contributed by atoms with van der Waals surface area (Å²) in [5.41, 5.74) is 0.965. The molecule has 1 saturated carbocycles. The summed E-state index contributed by atoms with van der Waals surface area (Å²) in [6, 6.07) is 1.93. The van der Waals surface area contributed by atoms with Gasteiger partial charge in [0.05, 0.1) is 9.88 Å². The van der Waals surface area contributed by atoms with Crippen molar-refractivity contribution in [2.45, 2.75) is 40.0 Å². The van der Waals surface area contributed by atoms with E-state index >= 15 is 0 Å². The number of aryl methyl sites for hydroxylation is 1. The summed E-state index contributed by atoms with van der Waals surface area (Å²) in [7, 11) is 0. The van der Waals surface area contributed by atoms with Gasteiger partial charge in [-0.15, -0.1) is 11.3 Å².